The standard InChI is InChI=1S/C64H97N11O16S/c1-13-41(6)56(49(89-11)36-53(79)74-35-21-25-48(74)57(90-12)42(7)58(80)71-92(87,88)38-45-22-16-14-17-23-45)73(10)62(84)55(40(4)5)70-59(81)43(8)72(9)64(86)91-37-44-27-29-46(30-28-44)67-60(82)47(24-20-33-66-63(65)85)68-61(83)54(39(2)3)69-50(76)26-18-15-19-34-75-51(77)31-32-52(75)78/h14,16-17,22-23,27-32,39-43,47-49,54-57H,13,15,18-21,24-26,33-38H2,1-12H3,(H,67,82)(H,68,83)(H,69,76)(H,70,81)(H,71,80)(H3,65,66,85)/t41-,42+,43-,47-,48-,49+,54?,55-,56-,57+/m0/s1. The average Bonchev–Trinajstić information content (AvgIpc) is 1.40. The van der Waals surface area contributed by atoms with Gasteiger partial charge in [-0.3, -0.25) is 57.7 Å². The highest BCUT2D eigenvalue weighted by molar-refractivity contribution is 7.89. The van der Waals surface area contributed by atoms with Crippen LogP contribution in [-0.2, 0) is 79.7 Å². The summed E-state index contributed by atoms with van der Waals surface area (Å²) in [5.74, 6) is -6.93. The van der Waals surface area contributed by atoms with Crippen LogP contribution in [0.2, 0.25) is 0 Å². The molecule has 2 aromatic rings. The number of amides is 12. The molecule has 2 heterocycles. The molecule has 1 saturated heterocycles. The maximum atomic E-state index is 14.6. The van der Waals surface area contributed by atoms with Crippen molar-refractivity contribution in [2.45, 2.75) is 180 Å². The van der Waals surface area contributed by atoms with Crippen molar-refractivity contribution >= 4 is 81.0 Å². The van der Waals surface area contributed by atoms with Crippen LogP contribution in [0.4, 0.5) is 15.3 Å². The first-order chi connectivity index (χ1) is 43.4. The number of methoxy groups -OCH3 is 2. The lowest BCUT2D eigenvalue weighted by Gasteiger charge is -2.41. The van der Waals surface area contributed by atoms with Crippen molar-refractivity contribution < 1.29 is 75.4 Å². The number of rotatable bonds is 37. The molecular weight excluding hydrogens is 1210 g/mol. The summed E-state index contributed by atoms with van der Waals surface area (Å²) in [4.78, 5) is 151. The Labute approximate surface area is 540 Å². The van der Waals surface area contributed by atoms with E-state index in [9.17, 15) is 61.2 Å². The molecule has 2 aliphatic heterocycles. The van der Waals surface area contributed by atoms with E-state index in [1.165, 1.54) is 45.2 Å². The lowest BCUT2D eigenvalue weighted by Crippen LogP contribution is -2.59. The van der Waals surface area contributed by atoms with Crippen molar-refractivity contribution in [2.24, 2.45) is 29.4 Å². The SMILES string of the molecule is CC[C@H](C)[C@@H]([C@@H](CC(=O)N1CCC[C@H]1[C@H](OC)[C@@H](C)C(=O)NS(=O)(=O)Cc1ccccc1)OC)N(C)C(=O)[C@@H](NC(=O)[C@H](C)N(C)C(=O)OCc1ccc(NC(=O)[C@H](CCCNC(N)=O)NC(=O)C(NC(=O)CCCCCN2C(=O)C=CC2=O)C(C)C)cc1)C(C)C. The van der Waals surface area contributed by atoms with Gasteiger partial charge in [-0.15, -0.1) is 0 Å². The highest BCUT2D eigenvalue weighted by Crippen LogP contribution is 2.30. The molecule has 0 saturated carbocycles. The Hall–Kier alpha value is -7.98. The Bertz CT molecular complexity index is 2990. The van der Waals surface area contributed by atoms with Crippen LogP contribution >= 0.6 is 0 Å². The number of hydrogen-bond acceptors (Lipinski definition) is 16. The van der Waals surface area contributed by atoms with Gasteiger partial charge in [-0.05, 0) is 86.5 Å². The number of ether oxygens (including phenoxy) is 3. The number of unbranched alkanes of at least 4 members (excludes halogenated alkanes) is 2. The third kappa shape index (κ3) is 23.0. The number of benzene rings is 2. The first kappa shape index (κ1) is 76.5. The fourth-order valence-electron chi connectivity index (χ4n) is 11.1. The predicted molar refractivity (Wildman–Crippen MR) is 342 cm³/mol. The molecule has 2 aromatic carbocycles. The second-order valence-electron chi connectivity index (χ2n) is 24.3. The number of imide groups is 1. The molecule has 8 N–H and O–H groups in total. The highest BCUT2D eigenvalue weighted by atomic mass is 32.2. The van der Waals surface area contributed by atoms with Crippen molar-refractivity contribution in [3.63, 3.8) is 0 Å². The van der Waals surface area contributed by atoms with Crippen molar-refractivity contribution in [3.05, 3.63) is 77.9 Å². The Balaban J connectivity index is 1.34. The highest BCUT2D eigenvalue weighted by Gasteiger charge is 2.44. The topological polar surface area (TPSA) is 361 Å². The van der Waals surface area contributed by atoms with E-state index in [1.54, 1.807) is 101 Å². The third-order valence-corrected chi connectivity index (χ3v) is 18.1. The number of nitrogens with zero attached hydrogens (tertiary/aromatic N) is 4. The number of primary amides is 1. The van der Waals surface area contributed by atoms with Gasteiger partial charge in [0, 0.05) is 72.2 Å². The smallest absolute Gasteiger partial charge is 0.410 e. The molecule has 12 amide bonds. The molecular formula is C64H97N11O16S. The first-order valence-corrected chi connectivity index (χ1v) is 33.1. The first-order valence-electron chi connectivity index (χ1n) is 31.4. The molecule has 10 atom stereocenters. The zero-order valence-electron chi connectivity index (χ0n) is 55.2. The molecule has 0 radical (unpaired) electrons. The Kier molecular flexibility index (Phi) is 30.7. The summed E-state index contributed by atoms with van der Waals surface area (Å²) < 4.78 is 45.6. The summed E-state index contributed by atoms with van der Waals surface area (Å²) in [5.41, 5.74) is 6.57. The van der Waals surface area contributed by atoms with Crippen molar-refractivity contribution in [2.75, 3.05) is 53.3 Å². The van der Waals surface area contributed by atoms with Crippen LogP contribution in [0.5, 0.6) is 0 Å². The molecule has 4 rings (SSSR count). The molecule has 0 bridgehead atoms. The van der Waals surface area contributed by atoms with Gasteiger partial charge in [0.25, 0.3) is 11.8 Å². The van der Waals surface area contributed by atoms with Crippen LogP contribution in [0.25, 0.3) is 0 Å². The Morgan fingerprint density at radius 3 is 1.96 bits per heavy atom. The molecule has 28 heteroatoms. The quantitative estimate of drug-likeness (QED) is 0.0373. The van der Waals surface area contributed by atoms with Crippen LogP contribution in [-0.4, -0.2) is 190 Å². The summed E-state index contributed by atoms with van der Waals surface area (Å²) in [7, 11) is 1.78. The second-order valence-corrected chi connectivity index (χ2v) is 26.0. The lowest BCUT2D eigenvalue weighted by atomic mass is 9.89. The molecule has 92 heavy (non-hydrogen) atoms. The van der Waals surface area contributed by atoms with E-state index >= 15 is 0 Å². The number of likely N-dealkylation sites (tertiary alicyclic amines) is 1. The van der Waals surface area contributed by atoms with E-state index in [1.807, 2.05) is 13.8 Å². The minimum absolute atomic E-state index is 0.0785. The number of sulfonamides is 1. The summed E-state index contributed by atoms with van der Waals surface area (Å²) in [5, 5.41) is 13.6. The number of nitrogens with one attached hydrogen (secondary N) is 6. The van der Waals surface area contributed by atoms with Gasteiger partial charge in [0.2, 0.25) is 51.4 Å². The number of carbonyl (C=O) groups is 11. The van der Waals surface area contributed by atoms with Gasteiger partial charge in [-0.1, -0.05) is 104 Å². The van der Waals surface area contributed by atoms with E-state index < -0.39 is 124 Å². The predicted octanol–water partition coefficient (Wildman–Crippen LogP) is 3.85. The number of nitrogens with two attached hydrogens (primary N) is 1. The Morgan fingerprint density at radius 1 is 0.728 bits per heavy atom. The largest absolute Gasteiger partial charge is 0.445 e. The Morgan fingerprint density at radius 2 is 1.37 bits per heavy atom. The van der Waals surface area contributed by atoms with Crippen LogP contribution in [0, 0.1) is 23.7 Å². The molecule has 0 aliphatic carbocycles. The van der Waals surface area contributed by atoms with E-state index in [-0.39, 0.29) is 74.9 Å². The third-order valence-electron chi connectivity index (χ3n) is 16.8. The van der Waals surface area contributed by atoms with Gasteiger partial charge < -0.3 is 56.3 Å². The zero-order chi connectivity index (χ0) is 68.6. The van der Waals surface area contributed by atoms with Gasteiger partial charge in [0.05, 0.1) is 42.4 Å². The fourth-order valence-corrected chi connectivity index (χ4v) is 12.3. The summed E-state index contributed by atoms with van der Waals surface area (Å²) in [6, 6.07) is 8.42. The molecule has 1 fully saturated rings. The second kappa shape index (κ2) is 36.9. The molecule has 27 nitrogen and oxygen atoms in total. The van der Waals surface area contributed by atoms with Crippen molar-refractivity contribution in [3.8, 4) is 0 Å². The number of anilines is 1. The lowest BCUT2D eigenvalue weighted by molar-refractivity contribution is -0.147. The van der Waals surface area contributed by atoms with Crippen LogP contribution in [0.1, 0.15) is 131 Å². The minimum atomic E-state index is -4.05. The maximum Gasteiger partial charge on any atom is 0.410 e. The average molecular weight is 1310 g/mol. The number of urea groups is 1. The molecule has 0 aromatic heterocycles. The number of likely N-dealkylation sites (N-methyl/N-ethyl adjacent to an activating group) is 2. The maximum absolute atomic E-state index is 14.6. The van der Waals surface area contributed by atoms with Crippen LogP contribution < -0.4 is 37.0 Å². The fraction of sp³-hybridized carbons (Fsp3) is 0.609. The van der Waals surface area contributed by atoms with Gasteiger partial charge in [0.15, 0.2) is 0 Å². The number of hydrogen-bond donors (Lipinski definition) is 7. The molecule has 1 unspecified atom stereocenters. The number of carbonyl (C=O) groups excluding carboxylic acids is 11. The molecule has 2 aliphatic rings. The van der Waals surface area contributed by atoms with Crippen LogP contribution in [0.3, 0.4) is 0 Å². The van der Waals surface area contributed by atoms with Gasteiger partial charge in [-0.25, -0.2) is 18.0 Å². The van der Waals surface area contributed by atoms with E-state index in [0.717, 1.165) is 9.80 Å². The summed E-state index contributed by atoms with van der Waals surface area (Å²) in [6.07, 6.45) is 3.31. The molecule has 0 spiro atoms. The van der Waals surface area contributed by atoms with E-state index in [4.69, 9.17) is 19.9 Å². The zero-order valence-corrected chi connectivity index (χ0v) is 56.0. The van der Waals surface area contributed by atoms with Crippen LogP contribution in [0.15, 0.2) is 66.7 Å². The van der Waals surface area contributed by atoms with Crippen molar-refractivity contribution in [1.82, 2.24) is 45.6 Å². The van der Waals surface area contributed by atoms with Crippen molar-refractivity contribution in [1.29, 1.82) is 0 Å². The summed E-state index contributed by atoms with van der Waals surface area (Å²) >= 11 is 0. The summed E-state index contributed by atoms with van der Waals surface area (Å²) in [6.45, 7) is 14.4. The molecule has 510 valence electrons. The van der Waals surface area contributed by atoms with Gasteiger partial charge in [0.1, 0.15) is 30.8 Å². The minimum Gasteiger partial charge on any atom is -0.445 e. The van der Waals surface area contributed by atoms with Gasteiger partial charge in [-0.2, -0.15) is 0 Å². The van der Waals surface area contributed by atoms with Gasteiger partial charge >= 0.3 is 12.1 Å². The van der Waals surface area contributed by atoms with E-state index in [0.29, 0.717) is 61.9 Å². The van der Waals surface area contributed by atoms with E-state index in [2.05, 4.69) is 31.3 Å². The normalized spacial score (nSPS) is 16.9. The monoisotopic (exact) mass is 1310 g/mol.